The second-order valence-electron chi connectivity index (χ2n) is 8.40. The summed E-state index contributed by atoms with van der Waals surface area (Å²) in [6.45, 7) is 1.46. The Morgan fingerprint density at radius 2 is 2.07 bits per heavy atom. The first-order valence-electron chi connectivity index (χ1n) is 10.1. The van der Waals surface area contributed by atoms with Gasteiger partial charge in [-0.05, 0) is 43.9 Å². The monoisotopic (exact) mass is 370 g/mol. The van der Waals surface area contributed by atoms with Gasteiger partial charge in [0.25, 0.3) is 0 Å². The van der Waals surface area contributed by atoms with E-state index in [4.69, 9.17) is 9.51 Å². The van der Waals surface area contributed by atoms with Gasteiger partial charge < -0.3 is 9.42 Å². The number of likely N-dealkylation sites (tertiary alicyclic amines) is 1. The van der Waals surface area contributed by atoms with Crippen LogP contribution in [0.2, 0.25) is 0 Å². The molecule has 2 aliphatic carbocycles. The average molecular weight is 370 g/mol. The number of nitrogens with zero attached hydrogens (tertiary/aromatic N) is 6. The lowest BCUT2D eigenvalue weighted by molar-refractivity contribution is -0.131. The maximum Gasteiger partial charge on any atom is 0.230 e. The molecule has 0 N–H and O–H groups in total. The van der Waals surface area contributed by atoms with Crippen LogP contribution in [0.4, 0.5) is 0 Å². The van der Waals surface area contributed by atoms with Gasteiger partial charge in [-0.3, -0.25) is 9.48 Å². The van der Waals surface area contributed by atoms with E-state index in [1.165, 1.54) is 32.0 Å². The molecule has 0 radical (unpaired) electrons. The summed E-state index contributed by atoms with van der Waals surface area (Å²) >= 11 is 0. The van der Waals surface area contributed by atoms with Crippen LogP contribution >= 0.6 is 0 Å². The number of hydrogen-bond acceptors (Lipinski definition) is 6. The molecule has 1 saturated heterocycles. The standard InChI is InChI=1S/C19H26N6O2/c1-24-16(20-11-21-24)10-17(26)25-6-4-13(5-7-25)19-22-18(23-27-19)15-9-12-2-3-14(15)8-12/h11-15H,2-10H2,1H3. The Morgan fingerprint density at radius 1 is 1.22 bits per heavy atom. The number of carbonyl (C=O) groups is 1. The minimum Gasteiger partial charge on any atom is -0.342 e. The van der Waals surface area contributed by atoms with E-state index in [0.29, 0.717) is 18.2 Å². The quantitative estimate of drug-likeness (QED) is 0.818. The molecule has 3 atom stereocenters. The van der Waals surface area contributed by atoms with Crippen LogP contribution in [0.25, 0.3) is 0 Å². The van der Waals surface area contributed by atoms with E-state index in [1.807, 2.05) is 11.9 Å². The van der Waals surface area contributed by atoms with Crippen molar-refractivity contribution in [2.45, 2.75) is 56.8 Å². The molecule has 27 heavy (non-hydrogen) atoms. The third-order valence-corrected chi connectivity index (χ3v) is 6.84. The summed E-state index contributed by atoms with van der Waals surface area (Å²) in [6.07, 6.45) is 8.83. The van der Waals surface area contributed by atoms with Gasteiger partial charge in [0.15, 0.2) is 5.82 Å². The molecule has 8 nitrogen and oxygen atoms in total. The van der Waals surface area contributed by atoms with Crippen LogP contribution in [0.5, 0.6) is 0 Å². The molecule has 3 aliphatic rings. The van der Waals surface area contributed by atoms with Crippen molar-refractivity contribution < 1.29 is 9.32 Å². The summed E-state index contributed by atoms with van der Waals surface area (Å²) in [5, 5.41) is 8.34. The minimum absolute atomic E-state index is 0.109. The minimum atomic E-state index is 0.109. The van der Waals surface area contributed by atoms with Crippen LogP contribution < -0.4 is 0 Å². The van der Waals surface area contributed by atoms with Gasteiger partial charge in [-0.2, -0.15) is 10.1 Å². The first-order valence-corrected chi connectivity index (χ1v) is 10.1. The molecule has 5 rings (SSSR count). The SMILES string of the molecule is Cn1ncnc1CC(=O)N1CCC(c2nc(C3CC4CCC3C4)no2)CC1. The van der Waals surface area contributed by atoms with Crippen LogP contribution in [0, 0.1) is 11.8 Å². The number of fused-ring (bicyclic) bond motifs is 2. The molecule has 8 heteroatoms. The zero-order chi connectivity index (χ0) is 18.4. The highest BCUT2D eigenvalue weighted by Crippen LogP contribution is 2.52. The lowest BCUT2D eigenvalue weighted by Crippen LogP contribution is -2.39. The highest BCUT2D eigenvalue weighted by Gasteiger charge is 2.42. The number of hydrogen-bond donors (Lipinski definition) is 0. The number of aromatic nitrogens is 5. The Kier molecular flexibility index (Phi) is 4.21. The van der Waals surface area contributed by atoms with Crippen LogP contribution in [0.1, 0.15) is 67.9 Å². The predicted octanol–water partition coefficient (Wildman–Crippen LogP) is 2.05. The Bertz CT molecular complexity index is 822. The van der Waals surface area contributed by atoms with Crippen molar-refractivity contribution in [3.8, 4) is 0 Å². The zero-order valence-corrected chi connectivity index (χ0v) is 15.8. The Balaban J connectivity index is 1.17. The second-order valence-corrected chi connectivity index (χ2v) is 8.40. The molecule has 2 bridgehead atoms. The first-order chi connectivity index (χ1) is 13.2. The van der Waals surface area contributed by atoms with Gasteiger partial charge in [0.05, 0.1) is 6.42 Å². The molecule has 0 spiro atoms. The van der Waals surface area contributed by atoms with E-state index in [9.17, 15) is 4.79 Å². The molecule has 3 fully saturated rings. The Hall–Kier alpha value is -2.25. The van der Waals surface area contributed by atoms with Crippen molar-refractivity contribution in [1.29, 1.82) is 0 Å². The van der Waals surface area contributed by atoms with Crippen LogP contribution in [0.15, 0.2) is 10.9 Å². The van der Waals surface area contributed by atoms with Crippen molar-refractivity contribution in [3.05, 3.63) is 23.9 Å². The van der Waals surface area contributed by atoms with Gasteiger partial charge in [-0.1, -0.05) is 11.6 Å². The normalized spacial score (nSPS) is 28.2. The van der Waals surface area contributed by atoms with E-state index >= 15 is 0 Å². The highest BCUT2D eigenvalue weighted by atomic mass is 16.5. The summed E-state index contributed by atoms with van der Waals surface area (Å²) < 4.78 is 7.29. The number of rotatable bonds is 4. The van der Waals surface area contributed by atoms with Crippen molar-refractivity contribution >= 4 is 5.91 Å². The summed E-state index contributed by atoms with van der Waals surface area (Å²) in [7, 11) is 1.81. The molecular formula is C19H26N6O2. The number of amides is 1. The van der Waals surface area contributed by atoms with Gasteiger partial charge in [0.2, 0.25) is 11.8 Å². The van der Waals surface area contributed by atoms with E-state index in [-0.39, 0.29) is 11.8 Å². The topological polar surface area (TPSA) is 89.9 Å². The third-order valence-electron chi connectivity index (χ3n) is 6.84. The molecule has 2 aromatic rings. The number of carbonyl (C=O) groups excluding carboxylic acids is 1. The molecular weight excluding hydrogens is 344 g/mol. The van der Waals surface area contributed by atoms with Crippen molar-refractivity contribution in [1.82, 2.24) is 29.8 Å². The number of piperidine rings is 1. The van der Waals surface area contributed by atoms with Gasteiger partial charge in [-0.15, -0.1) is 0 Å². The van der Waals surface area contributed by atoms with Gasteiger partial charge in [0, 0.05) is 32.0 Å². The predicted molar refractivity (Wildman–Crippen MR) is 95.7 cm³/mol. The molecule has 1 aliphatic heterocycles. The van der Waals surface area contributed by atoms with Gasteiger partial charge in [0.1, 0.15) is 12.2 Å². The maximum atomic E-state index is 12.5. The summed E-state index contributed by atoms with van der Waals surface area (Å²) in [6, 6.07) is 0. The smallest absolute Gasteiger partial charge is 0.230 e. The highest BCUT2D eigenvalue weighted by molar-refractivity contribution is 5.78. The fourth-order valence-electron chi connectivity index (χ4n) is 5.23. The molecule has 2 saturated carbocycles. The van der Waals surface area contributed by atoms with Crippen LogP contribution in [0.3, 0.4) is 0 Å². The van der Waals surface area contributed by atoms with Crippen LogP contribution in [-0.2, 0) is 18.3 Å². The van der Waals surface area contributed by atoms with E-state index < -0.39 is 0 Å². The Morgan fingerprint density at radius 3 is 2.74 bits per heavy atom. The Labute approximate surface area is 158 Å². The largest absolute Gasteiger partial charge is 0.342 e. The van der Waals surface area contributed by atoms with E-state index in [2.05, 4.69) is 15.2 Å². The molecule has 3 unspecified atom stereocenters. The molecule has 2 aromatic heterocycles. The first kappa shape index (κ1) is 16.9. The fourth-order valence-corrected chi connectivity index (χ4v) is 5.23. The lowest BCUT2D eigenvalue weighted by Gasteiger charge is -2.30. The summed E-state index contributed by atoms with van der Waals surface area (Å²) in [5.74, 6) is 4.93. The van der Waals surface area contributed by atoms with Crippen molar-refractivity contribution in [2.75, 3.05) is 13.1 Å². The molecule has 3 heterocycles. The summed E-state index contributed by atoms with van der Waals surface area (Å²) in [5.41, 5.74) is 0. The van der Waals surface area contributed by atoms with Crippen molar-refractivity contribution in [3.63, 3.8) is 0 Å². The van der Waals surface area contributed by atoms with Crippen molar-refractivity contribution in [2.24, 2.45) is 18.9 Å². The molecule has 1 amide bonds. The average Bonchev–Trinajstić information content (AvgIpc) is 3.47. The van der Waals surface area contributed by atoms with E-state index in [1.54, 1.807) is 4.68 Å². The van der Waals surface area contributed by atoms with Gasteiger partial charge >= 0.3 is 0 Å². The second kappa shape index (κ2) is 6.73. The summed E-state index contributed by atoms with van der Waals surface area (Å²) in [4.78, 5) is 23.3. The zero-order valence-electron chi connectivity index (χ0n) is 15.8. The van der Waals surface area contributed by atoms with Crippen LogP contribution in [-0.4, -0.2) is 48.8 Å². The molecule has 144 valence electrons. The number of aryl methyl sites for hydroxylation is 1. The maximum absolute atomic E-state index is 12.5. The fraction of sp³-hybridized carbons (Fsp3) is 0.737. The van der Waals surface area contributed by atoms with Gasteiger partial charge in [-0.25, -0.2) is 4.98 Å². The molecule has 0 aromatic carbocycles. The lowest BCUT2D eigenvalue weighted by atomic mass is 9.88. The van der Waals surface area contributed by atoms with E-state index in [0.717, 1.165) is 49.5 Å². The third kappa shape index (κ3) is 3.15.